The molecule has 11 heteroatoms. The molecule has 0 aliphatic heterocycles. The standard InChI is InChI=1S/C22H26Cl2FN3O4S/c23-14-5-16(25)17(6-15(14)24)33(31,32)27-10-21(1-2-21)20(30)28-18-12-3-11-4-13(18)9-22(7-11,8-12)19(26)29/h5-6,11-13,18,27H,1-4,7-10H2,(H2,26,29)(H,28,30). The molecule has 6 rings (SSSR count). The summed E-state index contributed by atoms with van der Waals surface area (Å²) in [5.41, 5.74) is 4.45. The van der Waals surface area contributed by atoms with Gasteiger partial charge in [0.25, 0.3) is 0 Å². The lowest BCUT2D eigenvalue weighted by molar-refractivity contribution is -0.148. The number of sulfonamides is 1. The van der Waals surface area contributed by atoms with Crippen LogP contribution in [-0.2, 0) is 19.6 Å². The van der Waals surface area contributed by atoms with E-state index in [9.17, 15) is 22.4 Å². The van der Waals surface area contributed by atoms with Crippen molar-refractivity contribution in [3.05, 3.63) is 28.0 Å². The number of benzene rings is 1. The summed E-state index contributed by atoms with van der Waals surface area (Å²) in [7, 11) is -4.22. The summed E-state index contributed by atoms with van der Waals surface area (Å²) in [6, 6.07) is 1.79. The van der Waals surface area contributed by atoms with Crippen LogP contribution in [0.3, 0.4) is 0 Å². The van der Waals surface area contributed by atoms with Crippen LogP contribution >= 0.6 is 23.2 Å². The number of rotatable bonds is 7. The first kappa shape index (κ1) is 23.3. The van der Waals surface area contributed by atoms with Crippen LogP contribution in [0.4, 0.5) is 4.39 Å². The second kappa shape index (κ2) is 7.80. The molecule has 5 fully saturated rings. The van der Waals surface area contributed by atoms with Gasteiger partial charge in [-0.25, -0.2) is 17.5 Å². The van der Waals surface area contributed by atoms with Crippen molar-refractivity contribution in [2.75, 3.05) is 6.54 Å². The summed E-state index contributed by atoms with van der Waals surface area (Å²) in [4.78, 5) is 24.7. The minimum atomic E-state index is -4.22. The molecule has 0 aromatic heterocycles. The van der Waals surface area contributed by atoms with Crippen molar-refractivity contribution in [3.63, 3.8) is 0 Å². The van der Waals surface area contributed by atoms with Crippen molar-refractivity contribution in [2.45, 2.75) is 55.9 Å². The zero-order valence-electron chi connectivity index (χ0n) is 17.9. The number of hydrogen-bond acceptors (Lipinski definition) is 4. The molecule has 5 saturated carbocycles. The number of carbonyl (C=O) groups is 2. The predicted molar refractivity (Wildman–Crippen MR) is 120 cm³/mol. The Bertz CT molecular complexity index is 1120. The van der Waals surface area contributed by atoms with Crippen molar-refractivity contribution in [1.29, 1.82) is 0 Å². The Labute approximate surface area is 202 Å². The van der Waals surface area contributed by atoms with Gasteiger partial charge >= 0.3 is 0 Å². The van der Waals surface area contributed by atoms with E-state index in [1.807, 2.05) is 0 Å². The molecular weight excluding hydrogens is 492 g/mol. The van der Waals surface area contributed by atoms with Gasteiger partial charge in [0.2, 0.25) is 21.8 Å². The third-order valence-corrected chi connectivity index (χ3v) is 10.4. The normalized spacial score (nSPS) is 33.7. The molecule has 1 aromatic rings. The molecule has 7 nitrogen and oxygen atoms in total. The maximum Gasteiger partial charge on any atom is 0.243 e. The minimum absolute atomic E-state index is 0.0249. The molecule has 0 saturated heterocycles. The van der Waals surface area contributed by atoms with Crippen molar-refractivity contribution >= 4 is 45.0 Å². The molecule has 4 N–H and O–H groups in total. The molecule has 4 bridgehead atoms. The smallest absolute Gasteiger partial charge is 0.243 e. The maximum atomic E-state index is 14.2. The Kier molecular flexibility index (Phi) is 5.51. The maximum absolute atomic E-state index is 14.2. The molecule has 2 atom stereocenters. The Hall–Kier alpha value is -1.42. The molecule has 5 aliphatic rings. The molecule has 1 aromatic carbocycles. The molecular formula is C22H26Cl2FN3O4S. The van der Waals surface area contributed by atoms with Gasteiger partial charge in [0.15, 0.2) is 0 Å². The van der Waals surface area contributed by atoms with Crippen LogP contribution in [0.5, 0.6) is 0 Å². The quantitative estimate of drug-likeness (QED) is 0.481. The Morgan fingerprint density at radius 2 is 1.70 bits per heavy atom. The van der Waals surface area contributed by atoms with E-state index in [2.05, 4.69) is 10.0 Å². The van der Waals surface area contributed by atoms with Crippen molar-refractivity contribution < 1.29 is 22.4 Å². The third kappa shape index (κ3) is 3.94. The van der Waals surface area contributed by atoms with Crippen LogP contribution in [0.15, 0.2) is 17.0 Å². The van der Waals surface area contributed by atoms with Gasteiger partial charge in [0.05, 0.1) is 15.5 Å². The van der Waals surface area contributed by atoms with Crippen LogP contribution in [0.2, 0.25) is 10.0 Å². The largest absolute Gasteiger partial charge is 0.369 e. The van der Waals surface area contributed by atoms with Crippen LogP contribution in [0, 0.1) is 34.4 Å². The van der Waals surface area contributed by atoms with Crippen molar-refractivity contribution in [2.24, 2.45) is 34.3 Å². The van der Waals surface area contributed by atoms with E-state index in [1.165, 1.54) is 0 Å². The van der Waals surface area contributed by atoms with E-state index in [4.69, 9.17) is 28.9 Å². The number of nitrogens with one attached hydrogen (secondary N) is 2. The summed E-state index contributed by atoms with van der Waals surface area (Å²) < 4.78 is 41.9. The van der Waals surface area contributed by atoms with Gasteiger partial charge in [-0.05, 0) is 74.8 Å². The molecule has 0 heterocycles. The second-order valence-electron chi connectivity index (χ2n) is 10.4. The number of carbonyl (C=O) groups excluding carboxylic acids is 2. The zero-order valence-corrected chi connectivity index (χ0v) is 20.2. The van der Waals surface area contributed by atoms with Gasteiger partial charge in [0, 0.05) is 18.0 Å². The average molecular weight is 518 g/mol. The predicted octanol–water partition coefficient (Wildman–Crippen LogP) is 2.99. The lowest BCUT2D eigenvalue weighted by Crippen LogP contribution is -2.62. The molecule has 180 valence electrons. The number of nitrogens with two attached hydrogens (primary N) is 1. The zero-order chi connectivity index (χ0) is 23.8. The fourth-order valence-corrected chi connectivity index (χ4v) is 8.11. The number of hydrogen-bond donors (Lipinski definition) is 3. The Morgan fingerprint density at radius 3 is 2.27 bits per heavy atom. The summed E-state index contributed by atoms with van der Waals surface area (Å²) in [5, 5.41) is 3.03. The Morgan fingerprint density at radius 1 is 1.09 bits per heavy atom. The van der Waals surface area contributed by atoms with Crippen molar-refractivity contribution in [1.82, 2.24) is 10.0 Å². The van der Waals surface area contributed by atoms with E-state index in [1.54, 1.807) is 0 Å². The average Bonchev–Trinajstić information content (AvgIpc) is 3.52. The molecule has 2 unspecified atom stereocenters. The summed E-state index contributed by atoms with van der Waals surface area (Å²) in [6.07, 6.45) is 5.31. The van der Waals surface area contributed by atoms with Crippen molar-refractivity contribution in [3.8, 4) is 0 Å². The summed E-state index contributed by atoms with van der Waals surface area (Å²) in [5.74, 6) is -0.523. The van der Waals surface area contributed by atoms with Crippen LogP contribution < -0.4 is 15.8 Å². The van der Waals surface area contributed by atoms with Gasteiger partial charge in [-0.15, -0.1) is 0 Å². The highest BCUT2D eigenvalue weighted by Crippen LogP contribution is 2.60. The highest BCUT2D eigenvalue weighted by Gasteiger charge is 2.59. The lowest BCUT2D eigenvalue weighted by Gasteiger charge is -2.59. The third-order valence-electron chi connectivity index (χ3n) is 8.29. The van der Waals surface area contributed by atoms with E-state index in [0.29, 0.717) is 31.6 Å². The molecule has 0 radical (unpaired) electrons. The fourth-order valence-electron chi connectivity index (χ4n) is 6.52. The Balaban J connectivity index is 1.26. The first-order valence-corrected chi connectivity index (χ1v) is 13.4. The minimum Gasteiger partial charge on any atom is -0.369 e. The van der Waals surface area contributed by atoms with Gasteiger partial charge in [0.1, 0.15) is 10.7 Å². The van der Waals surface area contributed by atoms with Gasteiger partial charge in [-0.3, -0.25) is 9.59 Å². The molecule has 5 aliphatic carbocycles. The molecule has 2 amide bonds. The number of primary amides is 1. The lowest BCUT2D eigenvalue weighted by atomic mass is 9.47. The first-order valence-electron chi connectivity index (χ1n) is 11.2. The van der Waals surface area contributed by atoms with E-state index in [-0.39, 0.29) is 46.3 Å². The van der Waals surface area contributed by atoms with Crippen LogP contribution in [0.25, 0.3) is 0 Å². The van der Waals surface area contributed by atoms with Crippen LogP contribution in [0.1, 0.15) is 44.9 Å². The highest BCUT2D eigenvalue weighted by molar-refractivity contribution is 7.89. The van der Waals surface area contributed by atoms with Gasteiger partial charge < -0.3 is 11.1 Å². The second-order valence-corrected chi connectivity index (χ2v) is 13.0. The summed E-state index contributed by atoms with van der Waals surface area (Å²) in [6.45, 7) is -0.128. The monoisotopic (exact) mass is 517 g/mol. The highest BCUT2D eigenvalue weighted by atomic mass is 35.5. The van der Waals surface area contributed by atoms with Crippen LogP contribution in [-0.4, -0.2) is 32.8 Å². The number of amides is 2. The van der Waals surface area contributed by atoms with E-state index in [0.717, 1.165) is 31.4 Å². The first-order chi connectivity index (χ1) is 15.4. The van der Waals surface area contributed by atoms with Gasteiger partial charge in [-0.2, -0.15) is 0 Å². The van der Waals surface area contributed by atoms with E-state index < -0.39 is 31.6 Å². The summed E-state index contributed by atoms with van der Waals surface area (Å²) >= 11 is 11.6. The topological polar surface area (TPSA) is 118 Å². The SMILES string of the molecule is NC(=O)C12CC3CC(C1)C(NC(=O)C1(CNS(=O)(=O)c4cc(Cl)c(Cl)cc4F)CC1)C(C3)C2. The molecule has 0 spiro atoms. The van der Waals surface area contributed by atoms with Gasteiger partial charge in [-0.1, -0.05) is 23.2 Å². The number of halogens is 3. The van der Waals surface area contributed by atoms with E-state index >= 15 is 0 Å². The molecule has 33 heavy (non-hydrogen) atoms. The fraction of sp³-hybridized carbons (Fsp3) is 0.636.